The summed E-state index contributed by atoms with van der Waals surface area (Å²) in [6.45, 7) is 2.02. The Hall–Kier alpha value is -3.84. The molecule has 0 unspecified atom stereocenters. The summed E-state index contributed by atoms with van der Waals surface area (Å²) in [6, 6.07) is 17.8. The maximum absolute atomic E-state index is 12.4. The van der Waals surface area contributed by atoms with E-state index in [9.17, 15) is 4.79 Å². The first-order chi connectivity index (χ1) is 14.7. The zero-order valence-corrected chi connectivity index (χ0v) is 16.9. The zero-order chi connectivity index (χ0) is 20.5. The van der Waals surface area contributed by atoms with Gasteiger partial charge in [-0.1, -0.05) is 42.0 Å². The Bertz CT molecular complexity index is 1450. The van der Waals surface area contributed by atoms with Gasteiger partial charge in [-0.3, -0.25) is 10.2 Å². The van der Waals surface area contributed by atoms with Crippen LogP contribution in [0.5, 0.6) is 0 Å². The lowest BCUT2D eigenvalue weighted by molar-refractivity contribution is 1.19. The summed E-state index contributed by atoms with van der Waals surface area (Å²) < 4.78 is 0. The minimum atomic E-state index is -0.190. The standard InChI is InChI=1S/C23H17N5OS/c1-14-7-8-19-16(9-14)10-17(22(29)27-19)11-26-28-21-20-18(15-5-3-2-4-6-15)12-30-23(20)25-13-24-21/h2-13H,1H3,(H,27,29)(H,24,25,28). The van der Waals surface area contributed by atoms with Gasteiger partial charge in [0.1, 0.15) is 11.2 Å². The lowest BCUT2D eigenvalue weighted by Crippen LogP contribution is -2.12. The fourth-order valence-corrected chi connectivity index (χ4v) is 4.31. The first-order valence-corrected chi connectivity index (χ1v) is 10.3. The number of hydrogen-bond acceptors (Lipinski definition) is 6. The van der Waals surface area contributed by atoms with Gasteiger partial charge in [0.15, 0.2) is 5.82 Å². The third-order valence-electron chi connectivity index (χ3n) is 4.86. The molecule has 0 aliphatic rings. The van der Waals surface area contributed by atoms with Gasteiger partial charge < -0.3 is 4.98 Å². The number of nitrogens with zero attached hydrogens (tertiary/aromatic N) is 3. The molecule has 146 valence electrons. The van der Waals surface area contributed by atoms with Gasteiger partial charge in [0.25, 0.3) is 5.56 Å². The molecule has 6 nitrogen and oxygen atoms in total. The van der Waals surface area contributed by atoms with Crippen LogP contribution in [-0.4, -0.2) is 21.2 Å². The largest absolute Gasteiger partial charge is 0.321 e. The Morgan fingerprint density at radius 3 is 2.83 bits per heavy atom. The third-order valence-corrected chi connectivity index (χ3v) is 5.74. The van der Waals surface area contributed by atoms with Gasteiger partial charge in [-0.15, -0.1) is 11.3 Å². The molecule has 0 amide bonds. The van der Waals surface area contributed by atoms with E-state index in [1.54, 1.807) is 11.3 Å². The van der Waals surface area contributed by atoms with Gasteiger partial charge in [0.05, 0.1) is 17.2 Å². The van der Waals surface area contributed by atoms with Crippen molar-refractivity contribution < 1.29 is 0 Å². The zero-order valence-electron chi connectivity index (χ0n) is 16.1. The van der Waals surface area contributed by atoms with Gasteiger partial charge in [0, 0.05) is 16.5 Å². The fourth-order valence-electron chi connectivity index (χ4n) is 3.39. The average Bonchev–Trinajstić information content (AvgIpc) is 3.20. The number of H-pyrrole nitrogens is 1. The molecule has 0 fully saturated rings. The molecule has 3 heterocycles. The lowest BCUT2D eigenvalue weighted by Gasteiger charge is -2.05. The highest BCUT2D eigenvalue weighted by atomic mass is 32.1. The van der Waals surface area contributed by atoms with E-state index in [1.165, 1.54) is 12.5 Å². The highest BCUT2D eigenvalue weighted by Crippen LogP contribution is 2.36. The summed E-state index contributed by atoms with van der Waals surface area (Å²) in [5.74, 6) is 0.601. The molecule has 0 aliphatic carbocycles. The molecule has 0 aliphatic heterocycles. The second-order valence-corrected chi connectivity index (χ2v) is 7.79. The number of pyridine rings is 1. The number of aromatic amines is 1. The van der Waals surface area contributed by atoms with Crippen LogP contribution in [-0.2, 0) is 0 Å². The Morgan fingerprint density at radius 2 is 1.97 bits per heavy atom. The van der Waals surface area contributed by atoms with E-state index in [2.05, 4.69) is 43.0 Å². The van der Waals surface area contributed by atoms with Gasteiger partial charge in [-0.2, -0.15) is 5.10 Å². The van der Waals surface area contributed by atoms with E-state index in [-0.39, 0.29) is 5.56 Å². The predicted octanol–water partition coefficient (Wildman–Crippen LogP) is 4.95. The molecule has 0 saturated heterocycles. The van der Waals surface area contributed by atoms with Crippen molar-refractivity contribution in [2.24, 2.45) is 5.10 Å². The van der Waals surface area contributed by atoms with Crippen LogP contribution in [0.15, 0.2) is 76.2 Å². The second kappa shape index (κ2) is 7.53. The first-order valence-electron chi connectivity index (χ1n) is 9.39. The quantitative estimate of drug-likeness (QED) is 0.324. The number of rotatable bonds is 4. The number of nitrogens with one attached hydrogen (secondary N) is 2. The number of fused-ring (bicyclic) bond motifs is 2. The molecular formula is C23H17N5OS. The Balaban J connectivity index is 1.50. The number of aromatic nitrogens is 3. The molecule has 0 atom stereocenters. The molecule has 5 rings (SSSR count). The molecule has 0 saturated carbocycles. The molecule has 0 spiro atoms. The van der Waals surface area contributed by atoms with Crippen molar-refractivity contribution >= 4 is 44.5 Å². The fraction of sp³-hybridized carbons (Fsp3) is 0.0435. The maximum Gasteiger partial charge on any atom is 0.257 e. The van der Waals surface area contributed by atoms with Crippen LogP contribution in [0.4, 0.5) is 5.82 Å². The average molecular weight is 411 g/mol. The highest BCUT2D eigenvalue weighted by Gasteiger charge is 2.12. The molecule has 30 heavy (non-hydrogen) atoms. The number of aryl methyl sites for hydroxylation is 1. The summed E-state index contributed by atoms with van der Waals surface area (Å²) >= 11 is 1.56. The van der Waals surface area contributed by atoms with Crippen LogP contribution >= 0.6 is 11.3 Å². The van der Waals surface area contributed by atoms with Gasteiger partial charge in [-0.05, 0) is 36.1 Å². The summed E-state index contributed by atoms with van der Waals surface area (Å²) in [6.07, 6.45) is 3.03. The normalized spacial score (nSPS) is 11.5. The molecule has 0 radical (unpaired) electrons. The number of hydrazone groups is 1. The molecule has 0 bridgehead atoms. The molecule has 7 heteroatoms. The van der Waals surface area contributed by atoms with Crippen LogP contribution in [0.3, 0.4) is 0 Å². The topological polar surface area (TPSA) is 83.0 Å². The first kappa shape index (κ1) is 18.2. The highest BCUT2D eigenvalue weighted by molar-refractivity contribution is 7.17. The molecular weight excluding hydrogens is 394 g/mol. The van der Waals surface area contributed by atoms with Gasteiger partial charge in [0.2, 0.25) is 0 Å². The smallest absolute Gasteiger partial charge is 0.257 e. The monoisotopic (exact) mass is 411 g/mol. The summed E-state index contributed by atoms with van der Waals surface area (Å²) in [4.78, 5) is 24.9. The minimum absolute atomic E-state index is 0.190. The van der Waals surface area contributed by atoms with E-state index >= 15 is 0 Å². The molecule has 3 aromatic heterocycles. The maximum atomic E-state index is 12.4. The van der Waals surface area contributed by atoms with Crippen molar-refractivity contribution in [3.8, 4) is 11.1 Å². The van der Waals surface area contributed by atoms with Crippen LogP contribution < -0.4 is 11.0 Å². The van der Waals surface area contributed by atoms with Crippen LogP contribution in [0.2, 0.25) is 0 Å². The van der Waals surface area contributed by atoms with E-state index in [0.29, 0.717) is 11.4 Å². The van der Waals surface area contributed by atoms with Crippen molar-refractivity contribution in [2.75, 3.05) is 5.43 Å². The Kier molecular flexibility index (Phi) is 4.57. The van der Waals surface area contributed by atoms with Crippen molar-refractivity contribution in [1.82, 2.24) is 15.0 Å². The molecule has 2 aromatic carbocycles. The second-order valence-electron chi connectivity index (χ2n) is 6.93. The Labute approximate surface area is 176 Å². The van der Waals surface area contributed by atoms with Crippen molar-refractivity contribution in [3.05, 3.63) is 87.8 Å². The summed E-state index contributed by atoms with van der Waals surface area (Å²) in [5.41, 5.74) is 7.35. The molecule has 5 aromatic rings. The van der Waals surface area contributed by atoms with E-state index in [0.717, 1.165) is 37.8 Å². The molecule has 2 N–H and O–H groups in total. The van der Waals surface area contributed by atoms with E-state index in [1.807, 2.05) is 49.4 Å². The lowest BCUT2D eigenvalue weighted by atomic mass is 10.1. The number of anilines is 1. The number of thiophene rings is 1. The Morgan fingerprint density at radius 1 is 1.10 bits per heavy atom. The van der Waals surface area contributed by atoms with E-state index in [4.69, 9.17) is 0 Å². The minimum Gasteiger partial charge on any atom is -0.321 e. The van der Waals surface area contributed by atoms with Gasteiger partial charge >= 0.3 is 0 Å². The SMILES string of the molecule is Cc1ccc2[nH]c(=O)c(C=NNc3ncnc4scc(-c5ccccc5)c34)cc2c1. The summed E-state index contributed by atoms with van der Waals surface area (Å²) in [5, 5.41) is 8.23. The summed E-state index contributed by atoms with van der Waals surface area (Å²) in [7, 11) is 0. The van der Waals surface area contributed by atoms with Gasteiger partial charge in [-0.25, -0.2) is 9.97 Å². The van der Waals surface area contributed by atoms with Crippen LogP contribution in [0.1, 0.15) is 11.1 Å². The predicted molar refractivity (Wildman–Crippen MR) is 123 cm³/mol. The number of benzene rings is 2. The third kappa shape index (κ3) is 3.35. The van der Waals surface area contributed by atoms with Crippen LogP contribution in [0.25, 0.3) is 32.2 Å². The van der Waals surface area contributed by atoms with Crippen molar-refractivity contribution in [2.45, 2.75) is 6.92 Å². The van der Waals surface area contributed by atoms with Crippen molar-refractivity contribution in [3.63, 3.8) is 0 Å². The van der Waals surface area contributed by atoms with E-state index < -0.39 is 0 Å². The number of hydrogen-bond donors (Lipinski definition) is 2. The van der Waals surface area contributed by atoms with Crippen molar-refractivity contribution in [1.29, 1.82) is 0 Å². The van der Waals surface area contributed by atoms with Crippen LogP contribution in [0, 0.1) is 6.92 Å².